The van der Waals surface area contributed by atoms with Crippen molar-refractivity contribution in [1.82, 2.24) is 0 Å². The van der Waals surface area contributed by atoms with E-state index in [1.165, 1.54) is 0 Å². The van der Waals surface area contributed by atoms with Crippen molar-refractivity contribution >= 4 is 0 Å². The third-order valence-electron chi connectivity index (χ3n) is 3.93. The van der Waals surface area contributed by atoms with E-state index in [9.17, 15) is 4.39 Å². The van der Waals surface area contributed by atoms with Crippen molar-refractivity contribution in [3.8, 4) is 0 Å². The molecule has 0 radical (unpaired) electrons. The average molecular weight is 230 g/mol. The van der Waals surface area contributed by atoms with E-state index in [0.29, 0.717) is 32.0 Å². The summed E-state index contributed by atoms with van der Waals surface area (Å²) in [5.41, 5.74) is 0. The standard InChI is InChI=1S/C13H23FO2/c1-2-3-8-13(15-9-10-16-13)11-4-6-12(14)7-5-11/h11-12H,2-10H2,1H3. The van der Waals surface area contributed by atoms with E-state index < -0.39 is 6.17 Å². The average Bonchev–Trinajstić information content (AvgIpc) is 2.77. The van der Waals surface area contributed by atoms with Crippen LogP contribution in [0, 0.1) is 5.92 Å². The summed E-state index contributed by atoms with van der Waals surface area (Å²) >= 11 is 0. The smallest absolute Gasteiger partial charge is 0.171 e. The fourth-order valence-corrected chi connectivity index (χ4v) is 2.97. The number of hydrogen-bond acceptors (Lipinski definition) is 2. The third kappa shape index (κ3) is 2.57. The Labute approximate surface area is 97.5 Å². The first-order chi connectivity index (χ1) is 7.77. The number of halogens is 1. The SMILES string of the molecule is CCCCC1(C2CCC(F)CC2)OCCO1. The molecule has 0 spiro atoms. The molecule has 2 rings (SSSR count). The molecule has 0 unspecified atom stereocenters. The van der Waals surface area contributed by atoms with Crippen LogP contribution in [0.15, 0.2) is 0 Å². The number of alkyl halides is 1. The molecule has 2 aliphatic rings. The summed E-state index contributed by atoms with van der Waals surface area (Å²) in [5, 5.41) is 0. The second kappa shape index (κ2) is 5.46. The van der Waals surface area contributed by atoms with Crippen LogP contribution in [0.25, 0.3) is 0 Å². The van der Waals surface area contributed by atoms with E-state index in [4.69, 9.17) is 9.47 Å². The van der Waals surface area contributed by atoms with Crippen LogP contribution in [-0.4, -0.2) is 25.2 Å². The van der Waals surface area contributed by atoms with Crippen molar-refractivity contribution < 1.29 is 13.9 Å². The highest BCUT2D eigenvalue weighted by Gasteiger charge is 2.44. The summed E-state index contributed by atoms with van der Waals surface area (Å²) in [7, 11) is 0. The van der Waals surface area contributed by atoms with Gasteiger partial charge >= 0.3 is 0 Å². The summed E-state index contributed by atoms with van der Waals surface area (Å²) in [6.45, 7) is 3.60. The van der Waals surface area contributed by atoms with Crippen LogP contribution in [0.5, 0.6) is 0 Å². The molecule has 0 aromatic rings. The van der Waals surface area contributed by atoms with Crippen LogP contribution in [0.4, 0.5) is 4.39 Å². The van der Waals surface area contributed by atoms with Gasteiger partial charge in [0.25, 0.3) is 0 Å². The molecule has 0 aromatic heterocycles. The van der Waals surface area contributed by atoms with Crippen LogP contribution in [0.3, 0.4) is 0 Å². The Hall–Kier alpha value is -0.150. The predicted octanol–water partition coefficient (Wildman–Crippen LogP) is 3.45. The molecular weight excluding hydrogens is 207 g/mol. The van der Waals surface area contributed by atoms with Crippen LogP contribution in [0.1, 0.15) is 51.9 Å². The highest BCUT2D eigenvalue weighted by atomic mass is 19.1. The van der Waals surface area contributed by atoms with Crippen molar-refractivity contribution in [3.05, 3.63) is 0 Å². The number of hydrogen-bond donors (Lipinski definition) is 0. The molecule has 1 aliphatic heterocycles. The van der Waals surface area contributed by atoms with Crippen molar-refractivity contribution in [2.75, 3.05) is 13.2 Å². The summed E-state index contributed by atoms with van der Waals surface area (Å²) in [4.78, 5) is 0. The minimum absolute atomic E-state index is 0.365. The van der Waals surface area contributed by atoms with Crippen molar-refractivity contribution in [2.45, 2.75) is 63.8 Å². The molecule has 0 bridgehead atoms. The predicted molar refractivity (Wildman–Crippen MR) is 61.0 cm³/mol. The maximum Gasteiger partial charge on any atom is 0.171 e. The Bertz CT molecular complexity index is 206. The molecule has 1 saturated carbocycles. The number of unbranched alkanes of at least 4 members (excludes halogenated alkanes) is 1. The molecule has 3 heteroatoms. The molecule has 94 valence electrons. The van der Waals surface area contributed by atoms with Gasteiger partial charge in [-0.1, -0.05) is 13.3 Å². The van der Waals surface area contributed by atoms with Gasteiger partial charge in [-0.2, -0.15) is 0 Å². The van der Waals surface area contributed by atoms with E-state index in [2.05, 4.69) is 6.92 Å². The van der Waals surface area contributed by atoms with Gasteiger partial charge in [0.15, 0.2) is 5.79 Å². The lowest BCUT2D eigenvalue weighted by atomic mass is 9.80. The summed E-state index contributed by atoms with van der Waals surface area (Å²) in [6.07, 6.45) is 5.89. The van der Waals surface area contributed by atoms with Gasteiger partial charge in [-0.3, -0.25) is 0 Å². The van der Waals surface area contributed by atoms with Gasteiger partial charge in [0.05, 0.1) is 13.2 Å². The zero-order valence-electron chi connectivity index (χ0n) is 10.2. The molecular formula is C13H23FO2. The first kappa shape index (κ1) is 12.3. The van der Waals surface area contributed by atoms with E-state index >= 15 is 0 Å². The first-order valence-corrected chi connectivity index (χ1v) is 6.69. The van der Waals surface area contributed by atoms with Crippen LogP contribution >= 0.6 is 0 Å². The topological polar surface area (TPSA) is 18.5 Å². The van der Waals surface area contributed by atoms with Crippen molar-refractivity contribution in [3.63, 3.8) is 0 Å². The molecule has 16 heavy (non-hydrogen) atoms. The molecule has 0 atom stereocenters. The molecule has 1 heterocycles. The second-order valence-corrected chi connectivity index (χ2v) is 5.06. The Kier molecular flexibility index (Phi) is 4.20. The maximum absolute atomic E-state index is 13.1. The van der Waals surface area contributed by atoms with Gasteiger partial charge in [-0.15, -0.1) is 0 Å². The summed E-state index contributed by atoms with van der Waals surface area (Å²) in [6, 6.07) is 0. The normalized spacial score (nSPS) is 34.1. The van der Waals surface area contributed by atoms with Gasteiger partial charge in [0, 0.05) is 12.3 Å². The Morgan fingerprint density at radius 2 is 1.75 bits per heavy atom. The van der Waals surface area contributed by atoms with E-state index in [0.717, 1.165) is 32.1 Å². The lowest BCUT2D eigenvalue weighted by Gasteiger charge is -2.38. The van der Waals surface area contributed by atoms with Crippen LogP contribution < -0.4 is 0 Å². The van der Waals surface area contributed by atoms with E-state index in [-0.39, 0.29) is 5.79 Å². The molecule has 2 nitrogen and oxygen atoms in total. The quantitative estimate of drug-likeness (QED) is 0.736. The monoisotopic (exact) mass is 230 g/mol. The van der Waals surface area contributed by atoms with E-state index in [1.807, 2.05) is 0 Å². The Balaban J connectivity index is 1.95. The van der Waals surface area contributed by atoms with Crippen LogP contribution in [-0.2, 0) is 9.47 Å². The number of ether oxygens (including phenoxy) is 2. The molecule has 1 aliphatic carbocycles. The highest BCUT2D eigenvalue weighted by Crippen LogP contribution is 2.41. The van der Waals surface area contributed by atoms with E-state index in [1.54, 1.807) is 0 Å². The van der Waals surface area contributed by atoms with Gasteiger partial charge in [-0.05, 0) is 32.1 Å². The molecule has 0 amide bonds. The van der Waals surface area contributed by atoms with Gasteiger partial charge < -0.3 is 9.47 Å². The van der Waals surface area contributed by atoms with Gasteiger partial charge in [0.2, 0.25) is 0 Å². The molecule has 0 aromatic carbocycles. The van der Waals surface area contributed by atoms with Crippen molar-refractivity contribution in [2.24, 2.45) is 5.92 Å². The minimum atomic E-state index is -0.596. The minimum Gasteiger partial charge on any atom is -0.347 e. The maximum atomic E-state index is 13.1. The fourth-order valence-electron chi connectivity index (χ4n) is 2.97. The van der Waals surface area contributed by atoms with Gasteiger partial charge in [-0.25, -0.2) is 4.39 Å². The van der Waals surface area contributed by atoms with Crippen molar-refractivity contribution in [1.29, 1.82) is 0 Å². The Morgan fingerprint density at radius 1 is 1.12 bits per heavy atom. The molecule has 0 N–H and O–H groups in total. The Morgan fingerprint density at radius 3 is 2.31 bits per heavy atom. The van der Waals surface area contributed by atoms with Gasteiger partial charge in [0.1, 0.15) is 6.17 Å². The summed E-state index contributed by atoms with van der Waals surface area (Å²) in [5.74, 6) is 0.0458. The number of rotatable bonds is 4. The zero-order chi connectivity index (χ0) is 11.4. The lowest BCUT2D eigenvalue weighted by molar-refractivity contribution is -0.209. The first-order valence-electron chi connectivity index (χ1n) is 6.69. The zero-order valence-corrected chi connectivity index (χ0v) is 10.2. The molecule has 2 fully saturated rings. The lowest BCUT2D eigenvalue weighted by Crippen LogP contribution is -2.41. The largest absolute Gasteiger partial charge is 0.347 e. The summed E-state index contributed by atoms with van der Waals surface area (Å²) < 4.78 is 24.9. The van der Waals surface area contributed by atoms with Crippen LogP contribution in [0.2, 0.25) is 0 Å². The fraction of sp³-hybridized carbons (Fsp3) is 1.00. The molecule has 1 saturated heterocycles. The second-order valence-electron chi connectivity index (χ2n) is 5.06. The highest BCUT2D eigenvalue weighted by molar-refractivity contribution is 4.86. The third-order valence-corrected chi connectivity index (χ3v) is 3.93.